The minimum absolute atomic E-state index is 0.190. The smallest absolute Gasteiger partial charge is 0.226 e. The minimum atomic E-state index is -0.373. The van der Waals surface area contributed by atoms with Gasteiger partial charge < -0.3 is 9.73 Å². The Kier molecular flexibility index (Phi) is 5.49. The molecule has 0 spiro atoms. The Morgan fingerprint density at radius 3 is 2.92 bits per heavy atom. The first-order valence-corrected chi connectivity index (χ1v) is 8.79. The van der Waals surface area contributed by atoms with Crippen LogP contribution in [-0.4, -0.2) is 21.1 Å². The van der Waals surface area contributed by atoms with Gasteiger partial charge in [-0.1, -0.05) is 30.4 Å². The molecule has 0 saturated carbocycles. The van der Waals surface area contributed by atoms with Crippen LogP contribution in [0.4, 0.5) is 9.52 Å². The Balaban J connectivity index is 1.55. The van der Waals surface area contributed by atoms with Crippen LogP contribution in [0.15, 0.2) is 34.9 Å². The first-order valence-electron chi connectivity index (χ1n) is 7.97. The van der Waals surface area contributed by atoms with Crippen molar-refractivity contribution in [3.05, 3.63) is 47.2 Å². The summed E-state index contributed by atoms with van der Waals surface area (Å²) in [6.07, 6.45) is 3.81. The summed E-state index contributed by atoms with van der Waals surface area (Å²) in [6, 6.07) is 6.32. The molecule has 0 aliphatic rings. The van der Waals surface area contributed by atoms with Crippen LogP contribution in [0.1, 0.15) is 30.7 Å². The van der Waals surface area contributed by atoms with Gasteiger partial charge in [-0.05, 0) is 18.6 Å². The molecular weight excluding hydrogens is 343 g/mol. The molecule has 0 atom stereocenters. The number of hydrogen-bond donors (Lipinski definition) is 1. The number of nitrogens with one attached hydrogen (secondary N) is 1. The summed E-state index contributed by atoms with van der Waals surface area (Å²) in [4.78, 5) is 16.1. The highest BCUT2D eigenvalue weighted by Gasteiger charge is 2.13. The number of hydrogen-bond acceptors (Lipinski definition) is 6. The zero-order chi connectivity index (χ0) is 17.6. The predicted octanol–water partition coefficient (Wildman–Crippen LogP) is 3.86. The van der Waals surface area contributed by atoms with E-state index in [1.165, 1.54) is 23.6 Å². The Morgan fingerprint density at radius 2 is 2.12 bits per heavy atom. The topological polar surface area (TPSA) is 80.9 Å². The highest BCUT2D eigenvalue weighted by Crippen LogP contribution is 2.23. The molecule has 1 N–H and O–H groups in total. The SMILES string of the molecule is CCCc1nnc(NC(=O)CCc2ncc(-c3ccccc3F)o2)s1. The van der Waals surface area contributed by atoms with Crippen molar-refractivity contribution in [1.29, 1.82) is 0 Å². The maximum atomic E-state index is 13.7. The number of aryl methyl sites for hydroxylation is 2. The Hall–Kier alpha value is -2.61. The van der Waals surface area contributed by atoms with E-state index in [1.807, 2.05) is 0 Å². The molecule has 0 bridgehead atoms. The quantitative estimate of drug-likeness (QED) is 0.692. The van der Waals surface area contributed by atoms with Gasteiger partial charge in [0.2, 0.25) is 11.0 Å². The summed E-state index contributed by atoms with van der Waals surface area (Å²) >= 11 is 1.38. The fraction of sp³-hybridized carbons (Fsp3) is 0.294. The van der Waals surface area contributed by atoms with Gasteiger partial charge in [-0.25, -0.2) is 9.37 Å². The Bertz CT molecular complexity index is 862. The Labute approximate surface area is 148 Å². The van der Waals surface area contributed by atoms with Gasteiger partial charge in [0.05, 0.1) is 11.8 Å². The van der Waals surface area contributed by atoms with Crippen LogP contribution in [0.2, 0.25) is 0 Å². The zero-order valence-corrected chi connectivity index (χ0v) is 14.5. The monoisotopic (exact) mass is 360 g/mol. The standard InChI is InChI=1S/C17H17FN4O2S/c1-2-5-16-21-22-17(25-16)20-14(23)8-9-15-19-10-13(24-15)11-6-3-4-7-12(11)18/h3-4,6-7,10H,2,5,8-9H2,1H3,(H,20,22,23). The van der Waals surface area contributed by atoms with Crippen LogP contribution in [0.3, 0.4) is 0 Å². The molecule has 0 saturated heterocycles. The molecule has 0 fully saturated rings. The highest BCUT2D eigenvalue weighted by atomic mass is 32.1. The van der Waals surface area contributed by atoms with Gasteiger partial charge in [0.15, 0.2) is 11.7 Å². The number of rotatable bonds is 7. The van der Waals surface area contributed by atoms with Gasteiger partial charge in [0, 0.05) is 19.3 Å². The predicted molar refractivity (Wildman–Crippen MR) is 92.8 cm³/mol. The lowest BCUT2D eigenvalue weighted by Crippen LogP contribution is -2.12. The third kappa shape index (κ3) is 4.48. The van der Waals surface area contributed by atoms with E-state index in [9.17, 15) is 9.18 Å². The normalized spacial score (nSPS) is 10.8. The summed E-state index contributed by atoms with van der Waals surface area (Å²) in [5.74, 6) is 0.172. The maximum absolute atomic E-state index is 13.7. The second kappa shape index (κ2) is 7.98. The van der Waals surface area contributed by atoms with E-state index in [4.69, 9.17) is 4.42 Å². The first-order chi connectivity index (χ1) is 12.2. The number of anilines is 1. The van der Waals surface area contributed by atoms with Crippen LogP contribution in [0, 0.1) is 5.82 Å². The van der Waals surface area contributed by atoms with E-state index in [0.717, 1.165) is 17.8 Å². The van der Waals surface area contributed by atoms with Gasteiger partial charge in [-0.2, -0.15) is 0 Å². The number of halogens is 1. The molecule has 25 heavy (non-hydrogen) atoms. The van der Waals surface area contributed by atoms with Crippen molar-refractivity contribution in [2.24, 2.45) is 0 Å². The summed E-state index contributed by atoms with van der Waals surface area (Å²) in [5.41, 5.74) is 0.350. The van der Waals surface area contributed by atoms with E-state index >= 15 is 0 Å². The molecule has 3 aromatic rings. The average molecular weight is 360 g/mol. The third-order valence-electron chi connectivity index (χ3n) is 3.44. The second-order valence-corrected chi connectivity index (χ2v) is 6.46. The number of aromatic nitrogens is 3. The molecule has 0 aliphatic heterocycles. The fourth-order valence-electron chi connectivity index (χ4n) is 2.23. The van der Waals surface area contributed by atoms with Crippen LogP contribution >= 0.6 is 11.3 Å². The minimum Gasteiger partial charge on any atom is -0.441 e. The van der Waals surface area contributed by atoms with E-state index in [2.05, 4.69) is 27.4 Å². The number of carbonyl (C=O) groups excluding carboxylic acids is 1. The number of nitrogens with zero attached hydrogens (tertiary/aromatic N) is 3. The summed E-state index contributed by atoms with van der Waals surface area (Å²) in [5, 5.41) is 12.1. The van der Waals surface area contributed by atoms with Gasteiger partial charge in [0.25, 0.3) is 0 Å². The van der Waals surface area contributed by atoms with Crippen molar-refractivity contribution in [1.82, 2.24) is 15.2 Å². The van der Waals surface area contributed by atoms with E-state index in [0.29, 0.717) is 28.8 Å². The zero-order valence-electron chi connectivity index (χ0n) is 13.7. The maximum Gasteiger partial charge on any atom is 0.226 e. The molecule has 130 valence electrons. The molecule has 0 aliphatic carbocycles. The Morgan fingerprint density at radius 1 is 1.28 bits per heavy atom. The lowest BCUT2D eigenvalue weighted by Gasteiger charge is -1.99. The second-order valence-electron chi connectivity index (χ2n) is 5.40. The molecular formula is C17H17FN4O2S. The highest BCUT2D eigenvalue weighted by molar-refractivity contribution is 7.15. The van der Waals surface area contributed by atoms with E-state index < -0.39 is 0 Å². The molecule has 0 radical (unpaired) electrons. The summed E-state index contributed by atoms with van der Waals surface area (Å²) in [6.45, 7) is 2.06. The van der Waals surface area contributed by atoms with Gasteiger partial charge in [-0.3, -0.25) is 4.79 Å². The molecule has 6 nitrogen and oxygen atoms in total. The van der Waals surface area contributed by atoms with Crippen LogP contribution in [-0.2, 0) is 17.6 Å². The third-order valence-corrected chi connectivity index (χ3v) is 4.33. The largest absolute Gasteiger partial charge is 0.441 e. The van der Waals surface area contributed by atoms with Gasteiger partial charge in [-0.15, -0.1) is 10.2 Å². The van der Waals surface area contributed by atoms with E-state index in [1.54, 1.807) is 18.2 Å². The molecule has 2 aromatic heterocycles. The van der Waals surface area contributed by atoms with Crippen LogP contribution in [0.5, 0.6) is 0 Å². The number of amides is 1. The molecule has 1 aromatic carbocycles. The average Bonchev–Trinajstić information content (AvgIpc) is 3.23. The molecule has 8 heteroatoms. The van der Waals surface area contributed by atoms with Crippen molar-refractivity contribution in [2.45, 2.75) is 32.6 Å². The fourth-order valence-corrected chi connectivity index (χ4v) is 3.09. The molecule has 3 rings (SSSR count). The molecule has 2 heterocycles. The number of oxazole rings is 1. The first kappa shape index (κ1) is 17.2. The van der Waals surface area contributed by atoms with Crippen molar-refractivity contribution >= 4 is 22.4 Å². The van der Waals surface area contributed by atoms with Crippen molar-refractivity contribution in [3.63, 3.8) is 0 Å². The summed E-state index contributed by atoms with van der Waals surface area (Å²) in [7, 11) is 0. The number of benzene rings is 1. The lowest BCUT2D eigenvalue weighted by molar-refractivity contribution is -0.116. The van der Waals surface area contributed by atoms with Crippen LogP contribution < -0.4 is 5.32 Å². The number of carbonyl (C=O) groups is 1. The summed E-state index contributed by atoms with van der Waals surface area (Å²) < 4.78 is 19.3. The van der Waals surface area contributed by atoms with Gasteiger partial charge >= 0.3 is 0 Å². The van der Waals surface area contributed by atoms with E-state index in [-0.39, 0.29) is 18.1 Å². The molecule has 0 unspecified atom stereocenters. The van der Waals surface area contributed by atoms with Crippen LogP contribution in [0.25, 0.3) is 11.3 Å². The van der Waals surface area contributed by atoms with Crippen molar-refractivity contribution in [3.8, 4) is 11.3 Å². The lowest BCUT2D eigenvalue weighted by atomic mass is 10.2. The molecule has 1 amide bonds. The van der Waals surface area contributed by atoms with Crippen molar-refractivity contribution in [2.75, 3.05) is 5.32 Å². The van der Waals surface area contributed by atoms with Gasteiger partial charge in [0.1, 0.15) is 10.8 Å². The van der Waals surface area contributed by atoms with Crippen molar-refractivity contribution < 1.29 is 13.6 Å².